The molecule has 0 bridgehead atoms. The van der Waals surface area contributed by atoms with Crippen LogP contribution in [-0.2, 0) is 20.7 Å². The first kappa shape index (κ1) is 21.9. The lowest BCUT2D eigenvalue weighted by Crippen LogP contribution is -2.21. The van der Waals surface area contributed by atoms with Crippen LogP contribution in [0.3, 0.4) is 0 Å². The summed E-state index contributed by atoms with van der Waals surface area (Å²) in [7, 11) is 0. The molecule has 0 atom stereocenters. The first-order chi connectivity index (χ1) is 15.1. The lowest BCUT2D eigenvalue weighted by molar-refractivity contribution is -0.147. The predicted molar refractivity (Wildman–Crippen MR) is 118 cm³/mol. The molecule has 1 N–H and O–H groups in total. The van der Waals surface area contributed by atoms with Crippen LogP contribution in [0.5, 0.6) is 17.2 Å². The highest BCUT2D eigenvalue weighted by atomic mass is 16.5. The van der Waals surface area contributed by atoms with Crippen molar-refractivity contribution in [3.8, 4) is 17.2 Å². The molecule has 0 unspecified atom stereocenters. The highest BCUT2D eigenvalue weighted by Gasteiger charge is 2.10. The van der Waals surface area contributed by atoms with Crippen LogP contribution in [0.4, 0.5) is 5.69 Å². The summed E-state index contributed by atoms with van der Waals surface area (Å²) in [5.41, 5.74) is 1.52. The van der Waals surface area contributed by atoms with Gasteiger partial charge in [-0.25, -0.2) is 0 Å². The van der Waals surface area contributed by atoms with E-state index in [1.54, 1.807) is 24.3 Å². The summed E-state index contributed by atoms with van der Waals surface area (Å²) in [6, 6.07) is 23.9. The van der Waals surface area contributed by atoms with Gasteiger partial charge in [0.1, 0.15) is 17.2 Å². The molecule has 0 radical (unpaired) electrons. The van der Waals surface area contributed by atoms with Crippen molar-refractivity contribution in [2.75, 3.05) is 18.5 Å². The third-order valence-electron chi connectivity index (χ3n) is 4.35. The molecule has 6 heteroatoms. The van der Waals surface area contributed by atoms with Gasteiger partial charge in [0, 0.05) is 12.1 Å². The van der Waals surface area contributed by atoms with E-state index in [0.29, 0.717) is 24.5 Å². The maximum Gasteiger partial charge on any atom is 0.306 e. The number of aryl methyl sites for hydroxylation is 1. The van der Waals surface area contributed by atoms with Gasteiger partial charge in [0.2, 0.25) is 0 Å². The molecule has 0 fully saturated rings. The first-order valence-electron chi connectivity index (χ1n) is 10.1. The molecule has 0 aromatic heterocycles. The number of nitrogens with one attached hydrogen (secondary N) is 1. The van der Waals surface area contributed by atoms with E-state index in [4.69, 9.17) is 14.2 Å². The van der Waals surface area contributed by atoms with Crippen molar-refractivity contribution in [3.63, 3.8) is 0 Å². The number of esters is 1. The van der Waals surface area contributed by atoms with Gasteiger partial charge in [-0.15, -0.1) is 0 Å². The molecule has 3 aromatic carbocycles. The van der Waals surface area contributed by atoms with Gasteiger partial charge in [-0.1, -0.05) is 36.4 Å². The van der Waals surface area contributed by atoms with Crippen LogP contribution in [-0.4, -0.2) is 25.1 Å². The summed E-state index contributed by atoms with van der Waals surface area (Å²) >= 11 is 0. The first-order valence-corrected chi connectivity index (χ1v) is 10.1. The van der Waals surface area contributed by atoms with Crippen molar-refractivity contribution < 1.29 is 23.8 Å². The molecular weight excluding hydrogens is 394 g/mol. The van der Waals surface area contributed by atoms with Crippen LogP contribution in [0.25, 0.3) is 0 Å². The number of amides is 1. The smallest absolute Gasteiger partial charge is 0.306 e. The molecule has 0 saturated heterocycles. The minimum atomic E-state index is -0.437. The van der Waals surface area contributed by atoms with E-state index < -0.39 is 11.9 Å². The number of ether oxygens (including phenoxy) is 3. The topological polar surface area (TPSA) is 73.9 Å². The molecule has 0 heterocycles. The van der Waals surface area contributed by atoms with Crippen LogP contribution in [0.2, 0.25) is 0 Å². The van der Waals surface area contributed by atoms with Gasteiger partial charge < -0.3 is 19.5 Å². The number of para-hydroxylation sites is 2. The second-order valence-corrected chi connectivity index (χ2v) is 6.69. The Morgan fingerprint density at radius 2 is 1.52 bits per heavy atom. The molecule has 160 valence electrons. The fourth-order valence-electron chi connectivity index (χ4n) is 2.89. The molecule has 0 aliphatic heterocycles. The van der Waals surface area contributed by atoms with Crippen molar-refractivity contribution in [2.24, 2.45) is 0 Å². The highest BCUT2D eigenvalue weighted by molar-refractivity contribution is 5.92. The second kappa shape index (κ2) is 11.4. The number of carbonyl (C=O) groups excluding carboxylic acids is 2. The van der Waals surface area contributed by atoms with E-state index in [2.05, 4.69) is 5.32 Å². The molecule has 0 aliphatic rings. The van der Waals surface area contributed by atoms with Gasteiger partial charge in [0.25, 0.3) is 5.91 Å². The Kier molecular flexibility index (Phi) is 8.05. The Balaban J connectivity index is 1.41. The van der Waals surface area contributed by atoms with Gasteiger partial charge >= 0.3 is 5.97 Å². The van der Waals surface area contributed by atoms with Crippen LogP contribution < -0.4 is 14.8 Å². The van der Waals surface area contributed by atoms with Gasteiger partial charge in [-0.05, 0) is 61.4 Å². The van der Waals surface area contributed by atoms with E-state index in [-0.39, 0.29) is 13.0 Å². The summed E-state index contributed by atoms with van der Waals surface area (Å²) in [6.45, 7) is 2.13. The number of benzene rings is 3. The monoisotopic (exact) mass is 419 g/mol. The number of hydrogen-bond donors (Lipinski definition) is 1. The van der Waals surface area contributed by atoms with E-state index in [9.17, 15) is 9.59 Å². The van der Waals surface area contributed by atoms with Crippen LogP contribution >= 0.6 is 0 Å². The lowest BCUT2D eigenvalue weighted by atomic mass is 10.1. The fraction of sp³-hybridized carbons (Fsp3) is 0.200. The Morgan fingerprint density at radius 3 is 2.26 bits per heavy atom. The second-order valence-electron chi connectivity index (χ2n) is 6.69. The quantitative estimate of drug-likeness (QED) is 0.469. The van der Waals surface area contributed by atoms with Crippen LogP contribution in [0.15, 0.2) is 78.9 Å². The Morgan fingerprint density at radius 1 is 0.839 bits per heavy atom. The van der Waals surface area contributed by atoms with Gasteiger partial charge in [0.05, 0.1) is 6.61 Å². The number of anilines is 1. The maximum absolute atomic E-state index is 12.1. The SMILES string of the molecule is CCOc1ccccc1CCC(=O)OCC(=O)Nc1ccc(Oc2ccccc2)cc1. The highest BCUT2D eigenvalue weighted by Crippen LogP contribution is 2.23. The largest absolute Gasteiger partial charge is 0.494 e. The summed E-state index contributed by atoms with van der Waals surface area (Å²) < 4.78 is 16.3. The Hall–Kier alpha value is -3.80. The van der Waals surface area contributed by atoms with Crippen LogP contribution in [0.1, 0.15) is 18.9 Å². The van der Waals surface area contributed by atoms with Gasteiger partial charge in [-0.3, -0.25) is 9.59 Å². The number of carbonyl (C=O) groups is 2. The molecule has 31 heavy (non-hydrogen) atoms. The van der Waals surface area contributed by atoms with Crippen molar-refractivity contribution in [2.45, 2.75) is 19.8 Å². The molecule has 0 aliphatic carbocycles. The molecule has 0 spiro atoms. The lowest BCUT2D eigenvalue weighted by Gasteiger charge is -2.10. The predicted octanol–water partition coefficient (Wildman–Crippen LogP) is 4.99. The standard InChI is InChI=1S/C25H25NO5/c1-2-29-23-11-7-6-8-19(23)12-17-25(28)30-18-24(27)26-20-13-15-22(16-14-20)31-21-9-4-3-5-10-21/h3-11,13-16H,2,12,17-18H2,1H3,(H,26,27). The third kappa shape index (κ3) is 7.19. The normalized spacial score (nSPS) is 10.2. The van der Waals surface area contributed by atoms with Gasteiger partial charge in [-0.2, -0.15) is 0 Å². The van der Waals surface area contributed by atoms with E-state index in [1.165, 1.54) is 0 Å². The summed E-state index contributed by atoms with van der Waals surface area (Å²) in [5.74, 6) is 1.31. The zero-order chi connectivity index (χ0) is 21.9. The van der Waals surface area contributed by atoms with Crippen LogP contribution in [0, 0.1) is 0 Å². The Labute approximate surface area is 181 Å². The van der Waals surface area contributed by atoms with Crippen molar-refractivity contribution in [1.29, 1.82) is 0 Å². The zero-order valence-corrected chi connectivity index (χ0v) is 17.4. The summed E-state index contributed by atoms with van der Waals surface area (Å²) in [5, 5.41) is 2.70. The minimum absolute atomic E-state index is 0.170. The molecule has 1 amide bonds. The molecular formula is C25H25NO5. The molecule has 6 nitrogen and oxygen atoms in total. The number of hydrogen-bond acceptors (Lipinski definition) is 5. The minimum Gasteiger partial charge on any atom is -0.494 e. The van der Waals surface area contributed by atoms with Crippen molar-refractivity contribution in [1.82, 2.24) is 0 Å². The third-order valence-corrected chi connectivity index (χ3v) is 4.35. The molecule has 3 rings (SSSR count). The zero-order valence-electron chi connectivity index (χ0n) is 17.4. The van der Waals surface area contributed by atoms with E-state index in [0.717, 1.165) is 17.1 Å². The molecule has 0 saturated carbocycles. The summed E-state index contributed by atoms with van der Waals surface area (Å²) in [6.07, 6.45) is 0.655. The molecule has 3 aromatic rings. The number of rotatable bonds is 10. The fourth-order valence-corrected chi connectivity index (χ4v) is 2.89. The maximum atomic E-state index is 12.1. The van der Waals surface area contributed by atoms with Crippen molar-refractivity contribution >= 4 is 17.6 Å². The Bertz CT molecular complexity index is 986. The van der Waals surface area contributed by atoms with Crippen molar-refractivity contribution in [3.05, 3.63) is 84.4 Å². The van der Waals surface area contributed by atoms with Gasteiger partial charge in [0.15, 0.2) is 6.61 Å². The average molecular weight is 419 g/mol. The van der Waals surface area contributed by atoms with E-state index in [1.807, 2.05) is 61.5 Å². The average Bonchev–Trinajstić information content (AvgIpc) is 2.79. The van der Waals surface area contributed by atoms with E-state index >= 15 is 0 Å². The summed E-state index contributed by atoms with van der Waals surface area (Å²) in [4.78, 5) is 24.1.